The Bertz CT molecular complexity index is 1570. The van der Waals surface area contributed by atoms with E-state index in [2.05, 4.69) is 91.9 Å². The third-order valence-electron chi connectivity index (χ3n) is 9.67. The van der Waals surface area contributed by atoms with E-state index in [9.17, 15) is 0 Å². The molecular formula is C35H32O. The Morgan fingerprint density at radius 2 is 1.31 bits per heavy atom. The predicted octanol–water partition coefficient (Wildman–Crippen LogP) is 9.70. The van der Waals surface area contributed by atoms with Gasteiger partial charge in [-0.05, 0) is 121 Å². The first-order chi connectivity index (χ1) is 17.6. The molecular weight excluding hydrogens is 436 g/mol. The Kier molecular flexibility index (Phi) is 4.39. The quantitative estimate of drug-likeness (QED) is 0.257. The van der Waals surface area contributed by atoms with Crippen LogP contribution in [0.5, 0.6) is 0 Å². The molecule has 4 aliphatic carbocycles. The van der Waals surface area contributed by atoms with Crippen molar-refractivity contribution < 1.29 is 4.42 Å². The summed E-state index contributed by atoms with van der Waals surface area (Å²) < 4.78 is 6.51. The highest BCUT2D eigenvalue weighted by atomic mass is 16.3. The lowest BCUT2D eigenvalue weighted by Gasteiger charge is -2.57. The minimum atomic E-state index is 0.447. The van der Waals surface area contributed by atoms with Crippen molar-refractivity contribution in [1.82, 2.24) is 0 Å². The van der Waals surface area contributed by atoms with Crippen LogP contribution in [0.3, 0.4) is 0 Å². The maximum absolute atomic E-state index is 6.51. The van der Waals surface area contributed by atoms with Gasteiger partial charge in [0.1, 0.15) is 11.2 Å². The van der Waals surface area contributed by atoms with Crippen molar-refractivity contribution >= 4 is 21.9 Å². The molecule has 1 heteroatoms. The zero-order chi connectivity index (χ0) is 23.9. The molecule has 0 N–H and O–H groups in total. The maximum Gasteiger partial charge on any atom is 0.143 e. The molecule has 1 nitrogen and oxygen atoms in total. The van der Waals surface area contributed by atoms with Crippen LogP contribution in [0.25, 0.3) is 44.2 Å². The summed E-state index contributed by atoms with van der Waals surface area (Å²) in [5.74, 6) is 2.93. The molecule has 1 aromatic heterocycles. The van der Waals surface area contributed by atoms with Gasteiger partial charge in [0.05, 0.1) is 0 Å². The van der Waals surface area contributed by atoms with Gasteiger partial charge < -0.3 is 4.42 Å². The molecule has 0 aliphatic heterocycles. The Balaban J connectivity index is 1.22. The Morgan fingerprint density at radius 3 is 2.00 bits per heavy atom. The number of aryl methyl sites for hydroxylation is 1. The number of hydrogen-bond donors (Lipinski definition) is 0. The molecule has 4 saturated carbocycles. The predicted molar refractivity (Wildman–Crippen MR) is 149 cm³/mol. The molecule has 4 aromatic carbocycles. The highest BCUT2D eigenvalue weighted by Crippen LogP contribution is 2.60. The van der Waals surface area contributed by atoms with Crippen molar-refractivity contribution in [1.29, 1.82) is 0 Å². The fourth-order valence-corrected chi connectivity index (χ4v) is 8.51. The van der Waals surface area contributed by atoms with E-state index in [4.69, 9.17) is 4.42 Å². The van der Waals surface area contributed by atoms with Crippen LogP contribution in [0.1, 0.15) is 49.7 Å². The van der Waals surface area contributed by atoms with Crippen LogP contribution in [0.15, 0.2) is 89.3 Å². The minimum Gasteiger partial charge on any atom is -0.455 e. The molecule has 0 spiro atoms. The summed E-state index contributed by atoms with van der Waals surface area (Å²) in [6, 6.07) is 31.4. The molecule has 5 aromatic rings. The molecule has 0 atom stereocenters. The summed E-state index contributed by atoms with van der Waals surface area (Å²) in [5, 5.41) is 2.41. The van der Waals surface area contributed by atoms with Gasteiger partial charge in [-0.25, -0.2) is 0 Å². The van der Waals surface area contributed by atoms with E-state index in [1.807, 2.05) is 0 Å². The van der Waals surface area contributed by atoms with Gasteiger partial charge in [0.15, 0.2) is 0 Å². The highest BCUT2D eigenvalue weighted by molar-refractivity contribution is 6.10. The minimum absolute atomic E-state index is 0.447. The van der Waals surface area contributed by atoms with E-state index < -0.39 is 0 Å². The molecule has 4 fully saturated rings. The molecule has 36 heavy (non-hydrogen) atoms. The molecule has 9 rings (SSSR count). The lowest BCUT2D eigenvalue weighted by molar-refractivity contribution is -0.00518. The molecule has 4 aliphatic rings. The first-order valence-electron chi connectivity index (χ1n) is 13.8. The largest absolute Gasteiger partial charge is 0.455 e. The van der Waals surface area contributed by atoms with Crippen molar-refractivity contribution in [3.05, 3.63) is 96.1 Å². The Morgan fingerprint density at radius 1 is 0.639 bits per heavy atom. The van der Waals surface area contributed by atoms with Crippen LogP contribution >= 0.6 is 0 Å². The lowest BCUT2D eigenvalue weighted by atomic mass is 9.48. The van der Waals surface area contributed by atoms with Crippen molar-refractivity contribution in [3.8, 4) is 22.3 Å². The Labute approximate surface area is 213 Å². The van der Waals surface area contributed by atoms with Crippen LogP contribution in [-0.2, 0) is 5.41 Å². The van der Waals surface area contributed by atoms with E-state index in [0.29, 0.717) is 5.41 Å². The van der Waals surface area contributed by atoms with E-state index in [-0.39, 0.29) is 0 Å². The molecule has 0 saturated heterocycles. The zero-order valence-corrected chi connectivity index (χ0v) is 21.0. The maximum atomic E-state index is 6.51. The van der Waals surface area contributed by atoms with Crippen LogP contribution in [0, 0.1) is 24.7 Å². The van der Waals surface area contributed by atoms with Crippen molar-refractivity contribution in [3.63, 3.8) is 0 Å². The highest BCUT2D eigenvalue weighted by Gasteiger charge is 2.51. The number of fused-ring (bicyclic) bond motifs is 3. The molecule has 0 radical (unpaired) electrons. The second-order valence-corrected chi connectivity index (χ2v) is 12.1. The smallest absolute Gasteiger partial charge is 0.143 e. The van der Waals surface area contributed by atoms with Crippen molar-refractivity contribution in [2.75, 3.05) is 0 Å². The lowest BCUT2D eigenvalue weighted by Crippen LogP contribution is -2.48. The summed E-state index contributed by atoms with van der Waals surface area (Å²) in [6.45, 7) is 2.20. The molecule has 0 unspecified atom stereocenters. The summed E-state index contributed by atoms with van der Waals surface area (Å²) >= 11 is 0. The van der Waals surface area contributed by atoms with Gasteiger partial charge >= 0.3 is 0 Å². The summed E-state index contributed by atoms with van der Waals surface area (Å²) in [7, 11) is 0. The summed E-state index contributed by atoms with van der Waals surface area (Å²) in [6.07, 6.45) is 8.74. The average Bonchev–Trinajstić information content (AvgIpc) is 3.26. The van der Waals surface area contributed by atoms with Gasteiger partial charge in [0.2, 0.25) is 0 Å². The molecule has 178 valence electrons. The monoisotopic (exact) mass is 468 g/mol. The van der Waals surface area contributed by atoms with Gasteiger partial charge in [-0.15, -0.1) is 0 Å². The molecule has 4 bridgehead atoms. The van der Waals surface area contributed by atoms with Crippen molar-refractivity contribution in [2.24, 2.45) is 17.8 Å². The SMILES string of the molecule is Cc1cc(-c2ccc(C34CC5CC(CC(C5)C3)C4)cc2)c2oc3ccc(-c4ccccc4)cc3c2c1. The first-order valence-corrected chi connectivity index (χ1v) is 13.8. The van der Waals surface area contributed by atoms with Crippen molar-refractivity contribution in [2.45, 2.75) is 50.9 Å². The van der Waals surface area contributed by atoms with E-state index >= 15 is 0 Å². The number of benzene rings is 4. The third-order valence-corrected chi connectivity index (χ3v) is 9.67. The Hall–Kier alpha value is -3.32. The standard InChI is InChI=1S/C35H32O/c1-22-13-30(27-7-10-29(11-8-27)35-19-23-15-24(20-35)17-25(16-23)21-35)34-32(14-22)31-18-28(9-12-33(31)36-34)26-5-3-2-4-6-26/h2-14,18,23-25H,15-17,19-21H2,1H3. The van der Waals surface area contributed by atoms with Gasteiger partial charge in [-0.3, -0.25) is 0 Å². The fourth-order valence-electron chi connectivity index (χ4n) is 8.51. The third kappa shape index (κ3) is 3.15. The normalized spacial score (nSPS) is 26.8. The van der Waals surface area contributed by atoms with E-state index in [1.54, 1.807) is 5.56 Å². The van der Waals surface area contributed by atoms with Gasteiger partial charge in [0, 0.05) is 16.3 Å². The second kappa shape index (κ2) is 7.59. The number of furan rings is 1. The topological polar surface area (TPSA) is 13.1 Å². The van der Waals surface area contributed by atoms with Crippen LogP contribution in [0.2, 0.25) is 0 Å². The van der Waals surface area contributed by atoms with Crippen LogP contribution < -0.4 is 0 Å². The fraction of sp³-hybridized carbons (Fsp3) is 0.314. The zero-order valence-electron chi connectivity index (χ0n) is 21.0. The molecule has 0 amide bonds. The summed E-state index contributed by atoms with van der Waals surface area (Å²) in [5.41, 5.74) is 10.2. The van der Waals surface area contributed by atoms with Crippen LogP contribution in [0.4, 0.5) is 0 Å². The average molecular weight is 469 g/mol. The number of hydrogen-bond acceptors (Lipinski definition) is 1. The van der Waals surface area contributed by atoms with Gasteiger partial charge in [-0.1, -0.05) is 60.7 Å². The van der Waals surface area contributed by atoms with Crippen LogP contribution in [-0.4, -0.2) is 0 Å². The van der Waals surface area contributed by atoms with E-state index in [1.165, 1.54) is 77.1 Å². The first kappa shape index (κ1) is 20.8. The van der Waals surface area contributed by atoms with E-state index in [0.717, 1.165) is 28.9 Å². The summed E-state index contributed by atoms with van der Waals surface area (Å²) in [4.78, 5) is 0. The molecule has 1 heterocycles. The van der Waals surface area contributed by atoms with Gasteiger partial charge in [-0.2, -0.15) is 0 Å². The second-order valence-electron chi connectivity index (χ2n) is 12.1. The number of rotatable bonds is 3. The van der Waals surface area contributed by atoms with Gasteiger partial charge in [0.25, 0.3) is 0 Å².